The second-order valence-corrected chi connectivity index (χ2v) is 3.79. The van der Waals surface area contributed by atoms with Crippen molar-refractivity contribution in [3.63, 3.8) is 0 Å². The molecule has 0 saturated heterocycles. The van der Waals surface area contributed by atoms with Crippen molar-refractivity contribution in [3.05, 3.63) is 16.9 Å². The quantitative estimate of drug-likeness (QED) is 0.754. The van der Waals surface area contributed by atoms with Gasteiger partial charge in [-0.1, -0.05) is 11.6 Å². The van der Waals surface area contributed by atoms with Crippen molar-refractivity contribution >= 4 is 11.6 Å². The van der Waals surface area contributed by atoms with Crippen LogP contribution in [-0.4, -0.2) is 29.3 Å². The molecule has 1 heterocycles. The summed E-state index contributed by atoms with van der Waals surface area (Å²) in [5.41, 5.74) is -1.10. The zero-order valence-electron chi connectivity index (χ0n) is 10.00. The van der Waals surface area contributed by atoms with Gasteiger partial charge >= 0.3 is 6.18 Å². The lowest BCUT2D eigenvalue weighted by Gasteiger charge is -2.16. The molecule has 0 aliphatic rings. The summed E-state index contributed by atoms with van der Waals surface area (Å²) >= 11 is 5.48. The van der Waals surface area contributed by atoms with E-state index >= 15 is 0 Å². The van der Waals surface area contributed by atoms with Crippen molar-refractivity contribution in [2.45, 2.75) is 32.9 Å². The summed E-state index contributed by atoms with van der Waals surface area (Å²) in [6.07, 6.45) is -4.10. The molecule has 0 radical (unpaired) electrons. The minimum Gasteiger partial charge on any atom is -0.351 e. The average molecular weight is 287 g/mol. The van der Waals surface area contributed by atoms with Crippen molar-refractivity contribution in [1.29, 1.82) is 0 Å². The van der Waals surface area contributed by atoms with E-state index in [1.165, 1.54) is 0 Å². The predicted octanol–water partition coefficient (Wildman–Crippen LogP) is 2.95. The van der Waals surface area contributed by atoms with Crippen molar-refractivity contribution in [2.24, 2.45) is 0 Å². The molecule has 0 unspecified atom stereocenters. The van der Waals surface area contributed by atoms with E-state index in [1.807, 2.05) is 0 Å². The number of ether oxygens (including phenoxy) is 2. The second-order valence-electron chi connectivity index (χ2n) is 3.39. The Morgan fingerprint density at radius 3 is 2.28 bits per heavy atom. The van der Waals surface area contributed by atoms with E-state index in [0.29, 0.717) is 13.2 Å². The molecule has 0 aliphatic carbocycles. The summed E-state index contributed by atoms with van der Waals surface area (Å²) in [6.45, 7) is 4.38. The van der Waals surface area contributed by atoms with E-state index in [0.717, 1.165) is 10.9 Å². The number of hydrogen-bond acceptors (Lipinski definition) is 3. The second kappa shape index (κ2) is 6.40. The monoisotopic (exact) mass is 286 g/mol. The van der Waals surface area contributed by atoms with Crippen LogP contribution in [0.3, 0.4) is 0 Å². The Labute approximate surface area is 108 Å². The summed E-state index contributed by atoms with van der Waals surface area (Å²) in [5, 5.41) is 2.95. The SMILES string of the molecule is CCOC(Cn1cc(Cl)c(C(F)(F)F)n1)OCC. The van der Waals surface area contributed by atoms with Gasteiger partial charge in [-0.05, 0) is 13.8 Å². The molecule has 1 aromatic rings. The molecule has 0 aromatic carbocycles. The molecule has 104 valence electrons. The molecule has 0 aliphatic heterocycles. The smallest absolute Gasteiger partial charge is 0.351 e. The first-order chi connectivity index (χ1) is 8.38. The molecular weight excluding hydrogens is 273 g/mol. The van der Waals surface area contributed by atoms with Gasteiger partial charge in [0, 0.05) is 19.4 Å². The Bertz CT molecular complexity index is 376. The van der Waals surface area contributed by atoms with Gasteiger partial charge in [0.1, 0.15) is 0 Å². The molecule has 0 saturated carbocycles. The molecule has 0 atom stereocenters. The minimum atomic E-state index is -4.56. The summed E-state index contributed by atoms with van der Waals surface area (Å²) in [4.78, 5) is 0. The maximum absolute atomic E-state index is 12.5. The lowest BCUT2D eigenvalue weighted by atomic mass is 10.4. The van der Waals surface area contributed by atoms with Crippen LogP contribution in [0.1, 0.15) is 19.5 Å². The van der Waals surface area contributed by atoms with Crippen molar-refractivity contribution in [3.8, 4) is 0 Å². The van der Waals surface area contributed by atoms with Gasteiger partial charge in [0.05, 0.1) is 11.6 Å². The number of rotatable bonds is 6. The highest BCUT2D eigenvalue weighted by atomic mass is 35.5. The third-order valence-electron chi connectivity index (χ3n) is 2.03. The molecule has 0 fully saturated rings. The third-order valence-corrected chi connectivity index (χ3v) is 2.30. The van der Waals surface area contributed by atoms with Gasteiger partial charge in [-0.2, -0.15) is 18.3 Å². The fraction of sp³-hybridized carbons (Fsp3) is 0.700. The van der Waals surface area contributed by atoms with E-state index in [9.17, 15) is 13.2 Å². The van der Waals surface area contributed by atoms with Crippen LogP contribution in [0.5, 0.6) is 0 Å². The maximum atomic E-state index is 12.5. The summed E-state index contributed by atoms with van der Waals surface area (Å²) in [5.74, 6) is 0. The minimum absolute atomic E-state index is 0.0531. The van der Waals surface area contributed by atoms with E-state index < -0.39 is 23.2 Å². The Hall–Kier alpha value is -0.790. The summed E-state index contributed by atoms with van der Waals surface area (Å²) < 4.78 is 48.9. The molecular formula is C10H14ClF3N2O2. The molecule has 18 heavy (non-hydrogen) atoms. The van der Waals surface area contributed by atoms with Crippen LogP contribution >= 0.6 is 11.6 Å². The lowest BCUT2D eigenvalue weighted by molar-refractivity contribution is -0.148. The Kier molecular flexibility index (Phi) is 5.43. The van der Waals surface area contributed by atoms with Crippen LogP contribution in [0.25, 0.3) is 0 Å². The van der Waals surface area contributed by atoms with Crippen LogP contribution in [0.2, 0.25) is 5.02 Å². The topological polar surface area (TPSA) is 36.3 Å². The standard InChI is InChI=1S/C10H14ClF3N2O2/c1-3-17-8(18-4-2)6-16-5-7(11)9(15-16)10(12,13)14/h5,8H,3-4,6H2,1-2H3. The zero-order chi connectivity index (χ0) is 13.8. The predicted molar refractivity (Wildman–Crippen MR) is 59.3 cm³/mol. The van der Waals surface area contributed by atoms with E-state index in [4.69, 9.17) is 21.1 Å². The van der Waals surface area contributed by atoms with Crippen molar-refractivity contribution in [2.75, 3.05) is 13.2 Å². The molecule has 4 nitrogen and oxygen atoms in total. The average Bonchev–Trinajstić information content (AvgIpc) is 2.60. The number of aromatic nitrogens is 2. The Morgan fingerprint density at radius 2 is 1.89 bits per heavy atom. The summed E-state index contributed by atoms with van der Waals surface area (Å²) in [7, 11) is 0. The van der Waals surface area contributed by atoms with Crippen LogP contribution in [0.15, 0.2) is 6.20 Å². The Morgan fingerprint density at radius 1 is 1.33 bits per heavy atom. The van der Waals surface area contributed by atoms with E-state index in [-0.39, 0.29) is 6.54 Å². The van der Waals surface area contributed by atoms with Crippen LogP contribution in [-0.2, 0) is 22.2 Å². The highest BCUT2D eigenvalue weighted by Gasteiger charge is 2.37. The van der Waals surface area contributed by atoms with Crippen LogP contribution in [0, 0.1) is 0 Å². The van der Waals surface area contributed by atoms with Gasteiger partial charge in [-0.25, -0.2) is 0 Å². The fourth-order valence-corrected chi connectivity index (χ4v) is 1.62. The van der Waals surface area contributed by atoms with Gasteiger partial charge in [0.2, 0.25) is 0 Å². The van der Waals surface area contributed by atoms with Gasteiger partial charge < -0.3 is 9.47 Å². The van der Waals surface area contributed by atoms with Crippen molar-refractivity contribution < 1.29 is 22.6 Å². The first-order valence-corrected chi connectivity index (χ1v) is 5.79. The van der Waals surface area contributed by atoms with Crippen LogP contribution < -0.4 is 0 Å². The normalized spacial score (nSPS) is 12.4. The van der Waals surface area contributed by atoms with E-state index in [2.05, 4.69) is 5.10 Å². The van der Waals surface area contributed by atoms with Gasteiger partial charge in [-0.15, -0.1) is 0 Å². The molecule has 0 amide bonds. The first kappa shape index (κ1) is 15.3. The number of hydrogen-bond donors (Lipinski definition) is 0. The maximum Gasteiger partial charge on any atom is 0.436 e. The highest BCUT2D eigenvalue weighted by molar-refractivity contribution is 6.31. The molecule has 0 N–H and O–H groups in total. The zero-order valence-corrected chi connectivity index (χ0v) is 10.8. The number of alkyl halides is 3. The third kappa shape index (κ3) is 4.15. The van der Waals surface area contributed by atoms with Gasteiger partial charge in [0.25, 0.3) is 0 Å². The van der Waals surface area contributed by atoms with E-state index in [1.54, 1.807) is 13.8 Å². The highest BCUT2D eigenvalue weighted by Crippen LogP contribution is 2.33. The Balaban J connectivity index is 2.78. The van der Waals surface area contributed by atoms with Crippen LogP contribution in [0.4, 0.5) is 13.2 Å². The summed E-state index contributed by atoms with van der Waals surface area (Å²) in [6, 6.07) is 0. The molecule has 1 aromatic heterocycles. The number of nitrogens with zero attached hydrogens (tertiary/aromatic N) is 2. The van der Waals surface area contributed by atoms with Crippen molar-refractivity contribution in [1.82, 2.24) is 9.78 Å². The largest absolute Gasteiger partial charge is 0.436 e. The molecule has 1 rings (SSSR count). The molecule has 0 bridgehead atoms. The fourth-order valence-electron chi connectivity index (χ4n) is 1.36. The van der Waals surface area contributed by atoms with Gasteiger partial charge in [-0.3, -0.25) is 4.68 Å². The number of halogens is 4. The molecule has 8 heteroatoms. The van der Waals surface area contributed by atoms with Gasteiger partial charge in [0.15, 0.2) is 12.0 Å². The first-order valence-electron chi connectivity index (χ1n) is 5.41. The molecule has 0 spiro atoms. The lowest BCUT2D eigenvalue weighted by Crippen LogP contribution is -2.24.